The quantitative estimate of drug-likeness (QED) is 0.508. The number of rotatable bonds is 2. The van der Waals surface area contributed by atoms with E-state index in [2.05, 4.69) is 4.98 Å². The summed E-state index contributed by atoms with van der Waals surface area (Å²) >= 11 is 0. The lowest BCUT2D eigenvalue weighted by molar-refractivity contribution is 0.0687. The first-order valence-electron chi connectivity index (χ1n) is 5.19. The van der Waals surface area contributed by atoms with Crippen LogP contribution in [0.1, 0.15) is 10.5 Å². The van der Waals surface area contributed by atoms with Crippen LogP contribution in [0.4, 0.5) is 22.0 Å². The second-order valence-corrected chi connectivity index (χ2v) is 3.84. The Labute approximate surface area is 113 Å². The molecule has 0 atom stereocenters. The molecule has 2 N–H and O–H groups in total. The van der Waals surface area contributed by atoms with Crippen molar-refractivity contribution >= 4 is 5.97 Å². The third kappa shape index (κ3) is 2.26. The van der Waals surface area contributed by atoms with Crippen LogP contribution < -0.4 is 0 Å². The zero-order chi connectivity index (χ0) is 15.9. The summed E-state index contributed by atoms with van der Waals surface area (Å²) in [5, 5.41) is 18.0. The van der Waals surface area contributed by atoms with Crippen molar-refractivity contribution in [3.05, 3.63) is 47.0 Å². The van der Waals surface area contributed by atoms with Crippen LogP contribution in [0.25, 0.3) is 11.1 Å². The lowest BCUT2D eigenvalue weighted by Gasteiger charge is -2.09. The number of benzene rings is 1. The van der Waals surface area contributed by atoms with Crippen molar-refractivity contribution in [2.45, 2.75) is 0 Å². The van der Waals surface area contributed by atoms with E-state index in [1.807, 2.05) is 0 Å². The Morgan fingerprint density at radius 3 is 1.86 bits per heavy atom. The number of aromatic hydroxyl groups is 1. The number of aromatic nitrogens is 1. The largest absolute Gasteiger partial charge is 0.505 e. The fraction of sp³-hybridized carbons (Fsp3) is 0. The SMILES string of the molecule is O=C(O)c1ncc(-c2c(F)c(F)c(F)c(F)c2F)cc1O. The average Bonchev–Trinajstić information content (AvgIpc) is 2.43. The van der Waals surface area contributed by atoms with Crippen molar-refractivity contribution < 1.29 is 37.0 Å². The molecule has 9 heteroatoms. The van der Waals surface area contributed by atoms with Crippen molar-refractivity contribution in [2.24, 2.45) is 0 Å². The molecule has 0 saturated carbocycles. The molecule has 2 aromatic rings. The standard InChI is InChI=1S/C12H4F5NO3/c13-6-5(7(14)9(16)10(17)8(6)15)3-1-4(19)11(12(20)21)18-2-3/h1-2,19H,(H,20,21). The van der Waals surface area contributed by atoms with Gasteiger partial charge in [0.15, 0.2) is 29.0 Å². The molecule has 1 aromatic heterocycles. The highest BCUT2D eigenvalue weighted by molar-refractivity contribution is 5.89. The molecule has 0 unspecified atom stereocenters. The Morgan fingerprint density at radius 2 is 1.43 bits per heavy atom. The summed E-state index contributed by atoms with van der Waals surface area (Å²) in [7, 11) is 0. The molecular weight excluding hydrogens is 301 g/mol. The number of hydrogen-bond acceptors (Lipinski definition) is 3. The average molecular weight is 305 g/mol. The molecule has 0 saturated heterocycles. The molecule has 4 nitrogen and oxygen atoms in total. The highest BCUT2D eigenvalue weighted by Crippen LogP contribution is 2.33. The molecule has 1 heterocycles. The van der Waals surface area contributed by atoms with Crippen LogP contribution in [0.15, 0.2) is 12.3 Å². The molecule has 2 rings (SSSR count). The summed E-state index contributed by atoms with van der Waals surface area (Å²) in [6, 6.07) is 0.536. The van der Waals surface area contributed by atoms with E-state index in [-0.39, 0.29) is 0 Å². The van der Waals surface area contributed by atoms with Crippen molar-refractivity contribution in [1.82, 2.24) is 4.98 Å². The first-order valence-corrected chi connectivity index (χ1v) is 5.19. The zero-order valence-electron chi connectivity index (χ0n) is 9.79. The highest BCUT2D eigenvalue weighted by atomic mass is 19.2. The summed E-state index contributed by atoms with van der Waals surface area (Å²) in [5.74, 6) is -13.5. The Hall–Kier alpha value is -2.71. The second-order valence-electron chi connectivity index (χ2n) is 3.84. The summed E-state index contributed by atoms with van der Waals surface area (Å²) in [5.41, 5.74) is -2.81. The lowest BCUT2D eigenvalue weighted by atomic mass is 10.0. The van der Waals surface area contributed by atoms with Crippen LogP contribution >= 0.6 is 0 Å². The van der Waals surface area contributed by atoms with Gasteiger partial charge < -0.3 is 10.2 Å². The van der Waals surface area contributed by atoms with Crippen LogP contribution in [0.2, 0.25) is 0 Å². The third-order valence-corrected chi connectivity index (χ3v) is 2.57. The minimum atomic E-state index is -2.33. The number of halogens is 5. The van der Waals surface area contributed by atoms with E-state index in [1.54, 1.807) is 0 Å². The van der Waals surface area contributed by atoms with Crippen LogP contribution in [-0.2, 0) is 0 Å². The first-order chi connectivity index (χ1) is 9.75. The van der Waals surface area contributed by atoms with Gasteiger partial charge in [-0.25, -0.2) is 31.7 Å². The molecular formula is C12H4F5NO3. The number of carboxylic acid groups (broad SMARTS) is 1. The maximum atomic E-state index is 13.5. The summed E-state index contributed by atoms with van der Waals surface area (Å²) in [6.45, 7) is 0. The van der Waals surface area contributed by atoms with E-state index in [1.165, 1.54) is 0 Å². The topological polar surface area (TPSA) is 70.4 Å². The number of nitrogens with zero attached hydrogens (tertiary/aromatic N) is 1. The van der Waals surface area contributed by atoms with Crippen molar-refractivity contribution in [3.63, 3.8) is 0 Å². The van der Waals surface area contributed by atoms with Crippen LogP contribution in [0.3, 0.4) is 0 Å². The number of aromatic carboxylic acids is 1. The zero-order valence-corrected chi connectivity index (χ0v) is 9.79. The van der Waals surface area contributed by atoms with Gasteiger partial charge in [0.1, 0.15) is 5.75 Å². The lowest BCUT2D eigenvalue weighted by Crippen LogP contribution is -2.05. The Kier molecular flexibility index (Phi) is 3.50. The van der Waals surface area contributed by atoms with Gasteiger partial charge in [-0.05, 0) is 6.07 Å². The Bertz CT molecular complexity index is 734. The van der Waals surface area contributed by atoms with Crippen molar-refractivity contribution in [3.8, 4) is 16.9 Å². The van der Waals surface area contributed by atoms with E-state index in [0.29, 0.717) is 12.3 Å². The fourth-order valence-electron chi connectivity index (χ4n) is 1.61. The maximum absolute atomic E-state index is 13.5. The van der Waals surface area contributed by atoms with Gasteiger partial charge in [-0.3, -0.25) is 0 Å². The first kappa shape index (κ1) is 14.7. The number of carbonyl (C=O) groups is 1. The van der Waals surface area contributed by atoms with Crippen LogP contribution in [0.5, 0.6) is 5.75 Å². The van der Waals surface area contributed by atoms with Crippen molar-refractivity contribution in [2.75, 3.05) is 0 Å². The van der Waals surface area contributed by atoms with Crippen molar-refractivity contribution in [1.29, 1.82) is 0 Å². The van der Waals surface area contributed by atoms with Gasteiger partial charge >= 0.3 is 5.97 Å². The van der Waals surface area contributed by atoms with Crippen LogP contribution in [0, 0.1) is 29.1 Å². The molecule has 0 aliphatic rings. The minimum Gasteiger partial charge on any atom is -0.505 e. The van der Waals surface area contributed by atoms with Gasteiger partial charge in [0.05, 0.1) is 5.56 Å². The maximum Gasteiger partial charge on any atom is 0.358 e. The molecule has 1 aromatic carbocycles. The Balaban J connectivity index is 2.74. The van der Waals surface area contributed by atoms with Gasteiger partial charge in [0.25, 0.3) is 0 Å². The minimum absolute atomic E-state index is 0.536. The fourth-order valence-corrected chi connectivity index (χ4v) is 1.61. The molecule has 110 valence electrons. The molecule has 0 spiro atoms. The number of hydrogen-bond donors (Lipinski definition) is 2. The molecule has 0 aliphatic carbocycles. The second kappa shape index (κ2) is 5.00. The Morgan fingerprint density at radius 1 is 0.952 bits per heavy atom. The number of carboxylic acids is 1. The summed E-state index contributed by atoms with van der Waals surface area (Å²) < 4.78 is 66.1. The molecule has 0 amide bonds. The van der Waals surface area contributed by atoms with Gasteiger partial charge in [-0.1, -0.05) is 0 Å². The normalized spacial score (nSPS) is 10.7. The van der Waals surface area contributed by atoms with E-state index < -0.39 is 57.6 Å². The summed E-state index contributed by atoms with van der Waals surface area (Å²) in [4.78, 5) is 13.8. The van der Waals surface area contributed by atoms with Gasteiger partial charge in [-0.2, -0.15) is 0 Å². The van der Waals surface area contributed by atoms with Gasteiger partial charge in [0, 0.05) is 11.8 Å². The van der Waals surface area contributed by atoms with E-state index >= 15 is 0 Å². The predicted molar refractivity (Wildman–Crippen MR) is 58.1 cm³/mol. The van der Waals surface area contributed by atoms with Gasteiger partial charge in [0.2, 0.25) is 5.82 Å². The monoisotopic (exact) mass is 305 g/mol. The smallest absolute Gasteiger partial charge is 0.358 e. The predicted octanol–water partition coefficient (Wildman–Crippen LogP) is 2.85. The molecule has 0 aliphatic heterocycles. The van der Waals surface area contributed by atoms with E-state index in [4.69, 9.17) is 5.11 Å². The summed E-state index contributed by atoms with van der Waals surface area (Å²) in [6.07, 6.45) is 0.571. The highest BCUT2D eigenvalue weighted by Gasteiger charge is 2.27. The van der Waals surface area contributed by atoms with E-state index in [9.17, 15) is 31.9 Å². The molecule has 0 fully saturated rings. The van der Waals surface area contributed by atoms with Crippen LogP contribution in [-0.4, -0.2) is 21.2 Å². The molecule has 0 radical (unpaired) electrons. The third-order valence-electron chi connectivity index (χ3n) is 2.57. The number of pyridine rings is 1. The molecule has 21 heavy (non-hydrogen) atoms. The van der Waals surface area contributed by atoms with E-state index in [0.717, 1.165) is 0 Å². The van der Waals surface area contributed by atoms with Gasteiger partial charge in [-0.15, -0.1) is 0 Å². The molecule has 0 bridgehead atoms.